The highest BCUT2D eigenvalue weighted by atomic mass is 16.5. The van der Waals surface area contributed by atoms with Crippen LogP contribution in [0.25, 0.3) is 0 Å². The molecule has 4 heterocycles. The molecule has 0 bridgehead atoms. The van der Waals surface area contributed by atoms with Gasteiger partial charge in [-0.05, 0) is 54.3 Å². The Bertz CT molecular complexity index is 1370. The zero-order chi connectivity index (χ0) is 26.4. The third-order valence-electron chi connectivity index (χ3n) is 8.71. The van der Waals surface area contributed by atoms with Crippen molar-refractivity contribution >= 4 is 28.9 Å². The first-order valence-corrected chi connectivity index (χ1v) is 14.0. The first kappa shape index (κ1) is 24.2. The molecule has 7 rings (SSSR count). The van der Waals surface area contributed by atoms with Crippen LogP contribution in [0, 0.1) is 0 Å². The maximum absolute atomic E-state index is 14.1. The van der Waals surface area contributed by atoms with Gasteiger partial charge in [-0.3, -0.25) is 9.69 Å². The molecule has 0 atom stereocenters. The summed E-state index contributed by atoms with van der Waals surface area (Å²) in [6.07, 6.45) is 3.42. The highest BCUT2D eigenvalue weighted by molar-refractivity contribution is 6.02. The molecule has 39 heavy (non-hydrogen) atoms. The molecule has 3 aromatic carbocycles. The summed E-state index contributed by atoms with van der Waals surface area (Å²) >= 11 is 0. The molecule has 0 unspecified atom stereocenters. The number of hydrogen-bond acceptors (Lipinski definition) is 5. The van der Waals surface area contributed by atoms with Crippen molar-refractivity contribution in [3.05, 3.63) is 83.4 Å². The molecule has 3 aromatic rings. The van der Waals surface area contributed by atoms with Gasteiger partial charge < -0.3 is 19.3 Å². The van der Waals surface area contributed by atoms with Crippen LogP contribution in [0.3, 0.4) is 0 Å². The lowest BCUT2D eigenvalue weighted by Gasteiger charge is -2.45. The van der Waals surface area contributed by atoms with Crippen LogP contribution in [0.5, 0.6) is 5.75 Å². The number of Topliss-reactive ketones (excluding diaryl/α,β-unsaturated/α-hetero) is 1. The second kappa shape index (κ2) is 9.72. The molecule has 2 amide bonds. The molecular formula is C32H33N3O4. The molecule has 0 aromatic heterocycles. The van der Waals surface area contributed by atoms with E-state index < -0.39 is 5.60 Å². The van der Waals surface area contributed by atoms with Crippen LogP contribution in [0.15, 0.2) is 66.7 Å². The van der Waals surface area contributed by atoms with E-state index in [0.717, 1.165) is 43.0 Å². The van der Waals surface area contributed by atoms with Crippen LogP contribution in [0.4, 0.5) is 21.9 Å². The topological polar surface area (TPSA) is 62.3 Å². The van der Waals surface area contributed by atoms with E-state index in [9.17, 15) is 9.59 Å². The second-order valence-electron chi connectivity index (χ2n) is 11.0. The van der Waals surface area contributed by atoms with Gasteiger partial charge in [-0.15, -0.1) is 0 Å². The molecule has 4 aliphatic heterocycles. The molecule has 0 N–H and O–H groups in total. The highest BCUT2D eigenvalue weighted by Crippen LogP contribution is 2.42. The summed E-state index contributed by atoms with van der Waals surface area (Å²) in [6.45, 7) is 4.16. The van der Waals surface area contributed by atoms with E-state index in [4.69, 9.17) is 9.47 Å². The minimum absolute atomic E-state index is 0.00987. The van der Waals surface area contributed by atoms with Crippen molar-refractivity contribution in [3.8, 4) is 5.75 Å². The Morgan fingerprint density at radius 2 is 1.44 bits per heavy atom. The summed E-state index contributed by atoms with van der Waals surface area (Å²) < 4.78 is 12.0. The summed E-state index contributed by atoms with van der Waals surface area (Å²) in [5.74, 6) is 0.792. The van der Waals surface area contributed by atoms with Gasteiger partial charge in [-0.2, -0.15) is 0 Å². The number of likely N-dealkylation sites (tertiary alicyclic amines) is 1. The maximum Gasteiger partial charge on any atom is 0.329 e. The molecule has 7 nitrogen and oxygen atoms in total. The number of carbonyl (C=O) groups is 2. The lowest BCUT2D eigenvalue weighted by Crippen LogP contribution is -2.54. The quantitative estimate of drug-likeness (QED) is 0.429. The van der Waals surface area contributed by atoms with Crippen LogP contribution in [-0.4, -0.2) is 61.7 Å². The normalized spacial score (nSPS) is 20.0. The Balaban J connectivity index is 1.10. The lowest BCUT2D eigenvalue weighted by molar-refractivity contribution is 0.0000402. The van der Waals surface area contributed by atoms with Crippen molar-refractivity contribution in [1.82, 2.24) is 4.90 Å². The van der Waals surface area contributed by atoms with E-state index in [1.54, 1.807) is 0 Å². The zero-order valence-electron chi connectivity index (χ0n) is 22.1. The molecular weight excluding hydrogens is 490 g/mol. The van der Waals surface area contributed by atoms with Crippen LogP contribution >= 0.6 is 0 Å². The van der Waals surface area contributed by atoms with Gasteiger partial charge in [0.1, 0.15) is 11.4 Å². The maximum atomic E-state index is 14.1. The number of piperidine rings is 1. The van der Waals surface area contributed by atoms with E-state index >= 15 is 0 Å². The van der Waals surface area contributed by atoms with Crippen molar-refractivity contribution in [2.24, 2.45) is 0 Å². The smallest absolute Gasteiger partial charge is 0.329 e. The lowest BCUT2D eigenvalue weighted by atomic mass is 9.82. The minimum Gasteiger partial charge on any atom is -0.486 e. The van der Waals surface area contributed by atoms with E-state index in [1.165, 1.54) is 11.1 Å². The van der Waals surface area contributed by atoms with Crippen LogP contribution in [0.1, 0.15) is 40.7 Å². The number of urea groups is 1. The number of para-hydroxylation sites is 2. The van der Waals surface area contributed by atoms with Crippen molar-refractivity contribution in [2.75, 3.05) is 49.2 Å². The minimum atomic E-state index is -0.560. The number of nitrogens with zero attached hydrogens (tertiary/aromatic N) is 3. The average Bonchev–Trinajstić information content (AvgIpc) is 3.14. The fourth-order valence-corrected chi connectivity index (χ4v) is 6.51. The van der Waals surface area contributed by atoms with Crippen molar-refractivity contribution in [1.29, 1.82) is 0 Å². The molecule has 0 saturated carbocycles. The molecule has 0 aliphatic carbocycles. The number of carbonyl (C=O) groups excluding carboxylic acids is 2. The first-order valence-electron chi connectivity index (χ1n) is 14.0. The number of morpholine rings is 1. The number of amides is 2. The molecule has 0 radical (unpaired) electrons. The summed E-state index contributed by atoms with van der Waals surface area (Å²) in [4.78, 5) is 33.5. The number of fused-ring (bicyclic) bond motifs is 3. The van der Waals surface area contributed by atoms with Gasteiger partial charge in [-0.25, -0.2) is 4.79 Å². The molecule has 200 valence electrons. The van der Waals surface area contributed by atoms with Crippen LogP contribution in [0.2, 0.25) is 0 Å². The van der Waals surface area contributed by atoms with E-state index in [-0.39, 0.29) is 11.8 Å². The van der Waals surface area contributed by atoms with E-state index in [1.807, 2.05) is 64.4 Å². The number of ketones is 1. The molecule has 7 heteroatoms. The number of aryl methyl sites for hydroxylation is 2. The molecule has 2 fully saturated rings. The van der Waals surface area contributed by atoms with Crippen molar-refractivity contribution < 1.29 is 19.1 Å². The summed E-state index contributed by atoms with van der Waals surface area (Å²) in [7, 11) is 0. The SMILES string of the molecule is O=C1CC2(CCN(C(=O)N3c4ccccc4CCc4ccccc43)CC2)Oc2ccc(N3CCOCC3)cc21. The molecule has 4 aliphatic rings. The summed E-state index contributed by atoms with van der Waals surface area (Å²) in [5.41, 5.74) is 5.44. The van der Waals surface area contributed by atoms with Gasteiger partial charge in [0.05, 0.1) is 36.6 Å². The van der Waals surface area contributed by atoms with Gasteiger partial charge in [0.2, 0.25) is 0 Å². The summed E-state index contributed by atoms with van der Waals surface area (Å²) in [6, 6.07) is 22.4. The summed E-state index contributed by atoms with van der Waals surface area (Å²) in [5, 5.41) is 0. The van der Waals surface area contributed by atoms with Gasteiger partial charge in [0.15, 0.2) is 5.78 Å². The molecule has 1 spiro atoms. The van der Waals surface area contributed by atoms with Crippen molar-refractivity contribution in [3.63, 3.8) is 0 Å². The van der Waals surface area contributed by atoms with Gasteiger partial charge >= 0.3 is 6.03 Å². The number of anilines is 3. The first-order chi connectivity index (χ1) is 19.1. The van der Waals surface area contributed by atoms with E-state index in [2.05, 4.69) is 17.0 Å². The Morgan fingerprint density at radius 3 is 2.10 bits per heavy atom. The predicted molar refractivity (Wildman–Crippen MR) is 150 cm³/mol. The highest BCUT2D eigenvalue weighted by Gasteiger charge is 2.45. The van der Waals surface area contributed by atoms with Crippen LogP contribution in [-0.2, 0) is 17.6 Å². The number of hydrogen-bond donors (Lipinski definition) is 0. The third kappa shape index (κ3) is 4.35. The van der Waals surface area contributed by atoms with Crippen molar-refractivity contribution in [2.45, 2.75) is 37.7 Å². The Hall–Kier alpha value is -3.84. The number of rotatable bonds is 1. The van der Waals surface area contributed by atoms with Crippen LogP contribution < -0.4 is 14.5 Å². The third-order valence-corrected chi connectivity index (χ3v) is 8.71. The van der Waals surface area contributed by atoms with Gasteiger partial charge in [-0.1, -0.05) is 36.4 Å². The number of benzene rings is 3. The Kier molecular flexibility index (Phi) is 6.04. The van der Waals surface area contributed by atoms with Gasteiger partial charge in [0.25, 0.3) is 0 Å². The Morgan fingerprint density at radius 1 is 0.795 bits per heavy atom. The zero-order valence-corrected chi connectivity index (χ0v) is 22.1. The van der Waals surface area contributed by atoms with E-state index in [0.29, 0.717) is 56.9 Å². The fourth-order valence-electron chi connectivity index (χ4n) is 6.51. The standard InChI is InChI=1S/C32H33N3O4/c36-29-22-32(39-30-12-11-25(21-26(29)30)33-17-19-38-20-18-33)13-15-34(16-14-32)31(37)35-27-7-3-1-5-23(27)9-10-24-6-2-4-8-28(24)35/h1-8,11-12,21H,9-10,13-20,22H2. The number of ether oxygens (including phenoxy) is 2. The molecule has 2 saturated heterocycles. The average molecular weight is 524 g/mol. The predicted octanol–water partition coefficient (Wildman–Crippen LogP) is 5.38. The monoisotopic (exact) mass is 523 g/mol. The Labute approximate surface area is 228 Å². The largest absolute Gasteiger partial charge is 0.486 e. The van der Waals surface area contributed by atoms with Gasteiger partial charge in [0, 0.05) is 44.7 Å². The fraction of sp³-hybridized carbons (Fsp3) is 0.375. The second-order valence-corrected chi connectivity index (χ2v) is 11.0.